The number of carbonyl (C=O) groups excluding carboxylic acids is 1. The first-order valence-corrected chi connectivity index (χ1v) is 10.3. The molecular weight excluding hydrogens is 404 g/mol. The number of halogens is 1. The number of carbonyl (C=O) groups is 1. The Morgan fingerprint density at radius 2 is 1.93 bits per heavy atom. The Labute approximate surface area is 182 Å². The number of benzene rings is 2. The summed E-state index contributed by atoms with van der Waals surface area (Å²) in [5, 5.41) is 6.50. The molecule has 2 N–H and O–H groups in total. The number of rotatable bonds is 6. The third-order valence-corrected chi connectivity index (χ3v) is 5.05. The monoisotopic (exact) mass is 430 g/mol. The summed E-state index contributed by atoms with van der Waals surface area (Å²) in [6.07, 6.45) is 0. The SMILES string of the molecule is COc1ccc(NC(=NCCN2CCOCC2)NC(=O)c2ccc(C)cc2)cc1Cl. The van der Waals surface area contributed by atoms with E-state index in [-0.39, 0.29) is 5.91 Å². The Balaban J connectivity index is 1.71. The molecule has 1 fully saturated rings. The maximum absolute atomic E-state index is 12.7. The fourth-order valence-electron chi connectivity index (χ4n) is 3.00. The molecule has 0 spiro atoms. The summed E-state index contributed by atoms with van der Waals surface area (Å²) in [4.78, 5) is 19.6. The molecular formula is C22H27ClN4O3. The van der Waals surface area contributed by atoms with Crippen molar-refractivity contribution in [1.29, 1.82) is 0 Å². The fraction of sp³-hybridized carbons (Fsp3) is 0.364. The van der Waals surface area contributed by atoms with Crippen LogP contribution in [0.2, 0.25) is 5.02 Å². The molecule has 1 aliphatic heterocycles. The van der Waals surface area contributed by atoms with Gasteiger partial charge in [0.05, 0.1) is 31.9 Å². The highest BCUT2D eigenvalue weighted by Gasteiger charge is 2.12. The molecule has 0 bridgehead atoms. The number of methoxy groups -OCH3 is 1. The van der Waals surface area contributed by atoms with E-state index in [0.29, 0.717) is 34.5 Å². The number of aliphatic imine (C=N–C) groups is 1. The zero-order valence-electron chi connectivity index (χ0n) is 17.3. The van der Waals surface area contributed by atoms with Crippen molar-refractivity contribution in [1.82, 2.24) is 10.2 Å². The van der Waals surface area contributed by atoms with E-state index in [1.165, 1.54) is 0 Å². The lowest BCUT2D eigenvalue weighted by Gasteiger charge is -2.25. The Morgan fingerprint density at radius 1 is 1.20 bits per heavy atom. The number of anilines is 1. The van der Waals surface area contributed by atoms with Gasteiger partial charge in [0.15, 0.2) is 0 Å². The lowest BCUT2D eigenvalue weighted by molar-refractivity contribution is 0.0394. The van der Waals surface area contributed by atoms with Crippen LogP contribution in [0.15, 0.2) is 47.5 Å². The second-order valence-electron chi connectivity index (χ2n) is 6.98. The van der Waals surface area contributed by atoms with Crippen LogP contribution in [-0.4, -0.2) is 63.3 Å². The van der Waals surface area contributed by atoms with Crippen LogP contribution in [0.3, 0.4) is 0 Å². The van der Waals surface area contributed by atoms with Gasteiger partial charge in [-0.2, -0.15) is 0 Å². The molecule has 1 aliphatic rings. The number of ether oxygens (including phenoxy) is 2. The largest absolute Gasteiger partial charge is 0.495 e. The lowest BCUT2D eigenvalue weighted by atomic mass is 10.1. The minimum absolute atomic E-state index is 0.229. The van der Waals surface area contributed by atoms with Crippen LogP contribution < -0.4 is 15.4 Å². The van der Waals surface area contributed by atoms with Crippen LogP contribution >= 0.6 is 11.6 Å². The highest BCUT2D eigenvalue weighted by Crippen LogP contribution is 2.27. The summed E-state index contributed by atoms with van der Waals surface area (Å²) in [6.45, 7) is 6.57. The van der Waals surface area contributed by atoms with Crippen molar-refractivity contribution in [3.63, 3.8) is 0 Å². The number of amides is 1. The fourth-order valence-corrected chi connectivity index (χ4v) is 3.26. The topological polar surface area (TPSA) is 75.2 Å². The predicted molar refractivity (Wildman–Crippen MR) is 120 cm³/mol. The first-order chi connectivity index (χ1) is 14.5. The second-order valence-corrected chi connectivity index (χ2v) is 7.39. The summed E-state index contributed by atoms with van der Waals surface area (Å²) < 4.78 is 10.6. The van der Waals surface area contributed by atoms with Crippen molar-refractivity contribution in [3.8, 4) is 5.75 Å². The van der Waals surface area contributed by atoms with Crippen molar-refractivity contribution in [2.24, 2.45) is 4.99 Å². The molecule has 0 radical (unpaired) electrons. The summed E-state index contributed by atoms with van der Waals surface area (Å²) in [5.41, 5.74) is 2.36. The number of nitrogens with one attached hydrogen (secondary N) is 2. The van der Waals surface area contributed by atoms with Crippen LogP contribution in [0.25, 0.3) is 0 Å². The minimum atomic E-state index is -0.229. The zero-order valence-corrected chi connectivity index (χ0v) is 18.0. The number of aryl methyl sites for hydroxylation is 1. The van der Waals surface area contributed by atoms with Crippen LogP contribution in [-0.2, 0) is 4.74 Å². The summed E-state index contributed by atoms with van der Waals surface area (Å²) in [6, 6.07) is 12.7. The van der Waals surface area contributed by atoms with Gasteiger partial charge in [0.25, 0.3) is 5.91 Å². The van der Waals surface area contributed by atoms with Crippen LogP contribution in [0.4, 0.5) is 5.69 Å². The molecule has 3 rings (SSSR count). The minimum Gasteiger partial charge on any atom is -0.495 e. The van der Waals surface area contributed by atoms with Gasteiger partial charge in [0.1, 0.15) is 5.75 Å². The molecule has 30 heavy (non-hydrogen) atoms. The summed E-state index contributed by atoms with van der Waals surface area (Å²) in [7, 11) is 1.56. The smallest absolute Gasteiger partial charge is 0.257 e. The first kappa shape index (κ1) is 22.1. The highest BCUT2D eigenvalue weighted by atomic mass is 35.5. The molecule has 2 aromatic carbocycles. The predicted octanol–water partition coefficient (Wildman–Crippen LogP) is 3.19. The van der Waals surface area contributed by atoms with E-state index in [4.69, 9.17) is 21.1 Å². The number of hydrogen-bond acceptors (Lipinski definition) is 5. The molecule has 0 atom stereocenters. The van der Waals surface area contributed by atoms with Gasteiger partial charge in [-0.3, -0.25) is 20.0 Å². The first-order valence-electron chi connectivity index (χ1n) is 9.88. The number of guanidine groups is 1. The van der Waals surface area contributed by atoms with Crippen molar-refractivity contribution in [2.75, 3.05) is 51.8 Å². The number of nitrogens with zero attached hydrogens (tertiary/aromatic N) is 2. The van der Waals surface area contributed by atoms with Gasteiger partial charge >= 0.3 is 0 Å². The highest BCUT2D eigenvalue weighted by molar-refractivity contribution is 6.32. The molecule has 7 nitrogen and oxygen atoms in total. The van der Waals surface area contributed by atoms with Crippen molar-refractivity contribution >= 4 is 29.2 Å². The lowest BCUT2D eigenvalue weighted by Crippen LogP contribution is -2.39. The van der Waals surface area contributed by atoms with Crippen molar-refractivity contribution < 1.29 is 14.3 Å². The molecule has 2 aromatic rings. The van der Waals surface area contributed by atoms with Crippen molar-refractivity contribution in [3.05, 3.63) is 58.6 Å². The molecule has 160 valence electrons. The maximum Gasteiger partial charge on any atom is 0.257 e. The zero-order chi connectivity index (χ0) is 21.3. The van der Waals surface area contributed by atoms with Gasteiger partial charge in [-0.15, -0.1) is 0 Å². The molecule has 0 aromatic heterocycles. The average Bonchev–Trinajstić information content (AvgIpc) is 2.75. The Bertz CT molecular complexity index is 880. The van der Waals surface area contributed by atoms with E-state index < -0.39 is 0 Å². The Kier molecular flexibility index (Phi) is 8.07. The second kappa shape index (κ2) is 11.0. The Morgan fingerprint density at radius 3 is 2.60 bits per heavy atom. The molecule has 0 saturated carbocycles. The van der Waals surface area contributed by atoms with Gasteiger partial charge < -0.3 is 14.8 Å². The molecule has 1 heterocycles. The van der Waals surface area contributed by atoms with Gasteiger partial charge in [0.2, 0.25) is 5.96 Å². The third kappa shape index (κ3) is 6.45. The quantitative estimate of drug-likeness (QED) is 0.543. The van der Waals surface area contributed by atoms with Gasteiger partial charge in [-0.25, -0.2) is 0 Å². The number of hydrogen-bond donors (Lipinski definition) is 2. The summed E-state index contributed by atoms with van der Waals surface area (Å²) in [5.74, 6) is 0.721. The molecule has 1 amide bonds. The van der Waals surface area contributed by atoms with Gasteiger partial charge in [-0.05, 0) is 37.3 Å². The van der Waals surface area contributed by atoms with Gasteiger partial charge in [0, 0.05) is 30.9 Å². The average molecular weight is 431 g/mol. The molecule has 0 aliphatic carbocycles. The Hall–Kier alpha value is -2.61. The van der Waals surface area contributed by atoms with E-state index in [9.17, 15) is 4.79 Å². The van der Waals surface area contributed by atoms with E-state index >= 15 is 0 Å². The van der Waals surface area contributed by atoms with E-state index in [2.05, 4.69) is 20.5 Å². The van der Waals surface area contributed by atoms with E-state index in [1.54, 1.807) is 31.4 Å². The summed E-state index contributed by atoms with van der Waals surface area (Å²) >= 11 is 6.22. The van der Waals surface area contributed by atoms with E-state index in [1.807, 2.05) is 25.1 Å². The molecule has 1 saturated heterocycles. The third-order valence-electron chi connectivity index (χ3n) is 4.75. The van der Waals surface area contributed by atoms with Crippen molar-refractivity contribution in [2.45, 2.75) is 6.92 Å². The van der Waals surface area contributed by atoms with E-state index in [0.717, 1.165) is 38.4 Å². The van der Waals surface area contributed by atoms with Crippen LogP contribution in [0.1, 0.15) is 15.9 Å². The molecule has 8 heteroatoms. The number of morpholine rings is 1. The van der Waals surface area contributed by atoms with Gasteiger partial charge in [-0.1, -0.05) is 29.3 Å². The van der Waals surface area contributed by atoms with Crippen LogP contribution in [0.5, 0.6) is 5.75 Å². The standard InChI is InChI=1S/C22H27ClN4O3/c1-16-3-5-17(6-4-16)21(28)26-22(24-9-10-27-11-13-30-14-12-27)25-18-7-8-20(29-2)19(23)15-18/h3-8,15H,9-14H2,1-2H3,(H2,24,25,26,28). The maximum atomic E-state index is 12.7. The molecule has 0 unspecified atom stereocenters. The normalized spacial score (nSPS) is 15.0. The van der Waals surface area contributed by atoms with Crippen LogP contribution in [0, 0.1) is 6.92 Å².